The molecule has 1 heterocycles. The molecule has 3 rings (SSSR count). The minimum Gasteiger partial charge on any atom is -0.490 e. The van der Waals surface area contributed by atoms with Gasteiger partial charge in [0.05, 0.1) is 17.7 Å². The third-order valence-electron chi connectivity index (χ3n) is 4.43. The van der Waals surface area contributed by atoms with Gasteiger partial charge in [0.25, 0.3) is 5.69 Å². The van der Waals surface area contributed by atoms with E-state index in [9.17, 15) is 14.9 Å². The van der Waals surface area contributed by atoms with Crippen molar-refractivity contribution in [1.29, 1.82) is 0 Å². The van der Waals surface area contributed by atoms with E-state index in [2.05, 4.69) is 23.0 Å². The third kappa shape index (κ3) is 5.57. The van der Waals surface area contributed by atoms with Crippen molar-refractivity contribution in [2.24, 2.45) is 5.10 Å². The Bertz CT molecular complexity index is 1270. The number of benzene rings is 2. The van der Waals surface area contributed by atoms with Crippen LogP contribution < -0.4 is 14.9 Å². The lowest BCUT2D eigenvalue weighted by molar-refractivity contribution is -0.384. The SMILES string of the molecule is C#CCOc1c(CC=C)cc(/C=N\NC(=O)c2cc3cc([N+](=O)[O-])ccc3o2)cc1OCC. The van der Waals surface area contributed by atoms with E-state index < -0.39 is 10.8 Å². The minimum absolute atomic E-state index is 0.0250. The van der Waals surface area contributed by atoms with E-state index in [0.29, 0.717) is 41.1 Å². The van der Waals surface area contributed by atoms with Crippen molar-refractivity contribution < 1.29 is 23.6 Å². The molecule has 0 aliphatic rings. The van der Waals surface area contributed by atoms with Gasteiger partial charge in [-0.05, 0) is 43.2 Å². The van der Waals surface area contributed by atoms with Gasteiger partial charge >= 0.3 is 5.91 Å². The van der Waals surface area contributed by atoms with E-state index in [1.54, 1.807) is 12.1 Å². The maximum absolute atomic E-state index is 12.4. The number of non-ortho nitro benzene ring substituents is 1. The Balaban J connectivity index is 1.80. The topological polar surface area (TPSA) is 116 Å². The summed E-state index contributed by atoms with van der Waals surface area (Å²) in [4.78, 5) is 22.8. The monoisotopic (exact) mass is 447 g/mol. The van der Waals surface area contributed by atoms with Gasteiger partial charge in [0.1, 0.15) is 12.2 Å². The molecule has 0 saturated carbocycles. The van der Waals surface area contributed by atoms with Gasteiger partial charge in [-0.1, -0.05) is 12.0 Å². The van der Waals surface area contributed by atoms with E-state index in [4.69, 9.17) is 20.3 Å². The van der Waals surface area contributed by atoms with Crippen LogP contribution in [0.2, 0.25) is 0 Å². The van der Waals surface area contributed by atoms with Gasteiger partial charge in [0, 0.05) is 23.1 Å². The number of amides is 1. The largest absolute Gasteiger partial charge is 0.490 e. The Labute approximate surface area is 189 Å². The number of furan rings is 1. The van der Waals surface area contributed by atoms with Crippen LogP contribution in [0, 0.1) is 22.5 Å². The smallest absolute Gasteiger partial charge is 0.307 e. The van der Waals surface area contributed by atoms with Gasteiger partial charge in [-0.2, -0.15) is 5.10 Å². The number of nitro groups is 1. The van der Waals surface area contributed by atoms with E-state index in [1.807, 2.05) is 13.0 Å². The Morgan fingerprint density at radius 2 is 2.15 bits per heavy atom. The lowest BCUT2D eigenvalue weighted by atomic mass is 10.1. The Hall–Kier alpha value is -4.58. The lowest BCUT2D eigenvalue weighted by Crippen LogP contribution is -2.16. The summed E-state index contributed by atoms with van der Waals surface area (Å²) in [6, 6.07) is 9.04. The summed E-state index contributed by atoms with van der Waals surface area (Å²) in [6.07, 6.45) is 8.99. The molecule has 1 amide bonds. The molecule has 9 heteroatoms. The number of nitrogens with one attached hydrogen (secondary N) is 1. The van der Waals surface area contributed by atoms with E-state index in [-0.39, 0.29) is 18.1 Å². The normalized spacial score (nSPS) is 10.7. The van der Waals surface area contributed by atoms with Gasteiger partial charge in [-0.25, -0.2) is 5.43 Å². The molecule has 168 valence electrons. The second kappa shape index (κ2) is 10.6. The Kier molecular flexibility index (Phi) is 7.44. The number of terminal acetylenes is 1. The zero-order valence-corrected chi connectivity index (χ0v) is 17.9. The number of hydrogen-bond donors (Lipinski definition) is 1. The molecule has 1 aromatic heterocycles. The second-order valence-electron chi connectivity index (χ2n) is 6.71. The standard InChI is InChI=1S/C24H21N3O6/c1-4-7-17-11-16(12-21(31-6-3)23(17)32-10-5-2)15-25-26-24(28)22-14-18-13-19(27(29)30)8-9-20(18)33-22/h2,4,8-9,11-15H,1,6-7,10H2,3H3,(H,26,28)/b25-15-. The maximum Gasteiger partial charge on any atom is 0.307 e. The van der Waals surface area contributed by atoms with Gasteiger partial charge < -0.3 is 13.9 Å². The number of hydrazone groups is 1. The first-order chi connectivity index (χ1) is 16.0. The predicted octanol–water partition coefficient (Wildman–Crippen LogP) is 4.24. The fourth-order valence-electron chi connectivity index (χ4n) is 3.08. The van der Waals surface area contributed by atoms with Crippen LogP contribution >= 0.6 is 0 Å². The number of carbonyl (C=O) groups is 1. The number of nitro benzene ring substituents is 1. The molecule has 1 N–H and O–H groups in total. The van der Waals surface area contributed by atoms with Crippen molar-refractivity contribution in [3.05, 3.63) is 76.1 Å². The van der Waals surface area contributed by atoms with Gasteiger partial charge in [0.2, 0.25) is 0 Å². The van der Waals surface area contributed by atoms with E-state index in [0.717, 1.165) is 5.56 Å². The summed E-state index contributed by atoms with van der Waals surface area (Å²) < 4.78 is 16.8. The molecule has 0 unspecified atom stereocenters. The number of ether oxygens (including phenoxy) is 2. The molecule has 33 heavy (non-hydrogen) atoms. The molecule has 0 atom stereocenters. The fraction of sp³-hybridized carbons (Fsp3) is 0.167. The summed E-state index contributed by atoms with van der Waals surface area (Å²) in [5.74, 6) is 2.84. The van der Waals surface area contributed by atoms with Crippen LogP contribution in [0.25, 0.3) is 11.0 Å². The first kappa shape index (κ1) is 23.1. The van der Waals surface area contributed by atoms with Gasteiger partial charge in [-0.15, -0.1) is 13.0 Å². The van der Waals surface area contributed by atoms with Crippen molar-refractivity contribution in [3.63, 3.8) is 0 Å². The molecule has 0 radical (unpaired) electrons. The second-order valence-corrected chi connectivity index (χ2v) is 6.71. The third-order valence-corrected chi connectivity index (χ3v) is 4.43. The first-order valence-corrected chi connectivity index (χ1v) is 9.95. The fourth-order valence-corrected chi connectivity index (χ4v) is 3.08. The highest BCUT2D eigenvalue weighted by Gasteiger charge is 2.15. The highest BCUT2D eigenvalue weighted by atomic mass is 16.6. The quantitative estimate of drug-likeness (QED) is 0.163. The molecule has 0 fully saturated rings. The molecule has 0 bridgehead atoms. The average Bonchev–Trinajstić information content (AvgIpc) is 3.22. The molecular weight excluding hydrogens is 426 g/mol. The van der Waals surface area contributed by atoms with E-state index >= 15 is 0 Å². The van der Waals surface area contributed by atoms with Crippen LogP contribution in [0.3, 0.4) is 0 Å². The molecular formula is C24H21N3O6. The number of carbonyl (C=O) groups excluding carboxylic acids is 1. The molecule has 3 aromatic rings. The average molecular weight is 447 g/mol. The van der Waals surface area contributed by atoms with Crippen LogP contribution in [0.15, 0.2) is 58.6 Å². The summed E-state index contributed by atoms with van der Waals surface area (Å²) >= 11 is 0. The Morgan fingerprint density at radius 3 is 2.85 bits per heavy atom. The molecule has 0 saturated heterocycles. The van der Waals surface area contributed by atoms with Gasteiger partial charge in [0.15, 0.2) is 17.3 Å². The number of hydrogen-bond acceptors (Lipinski definition) is 7. The Morgan fingerprint density at radius 1 is 1.33 bits per heavy atom. The summed E-state index contributed by atoms with van der Waals surface area (Å²) in [6.45, 7) is 6.12. The van der Waals surface area contributed by atoms with Crippen molar-refractivity contribution in [3.8, 4) is 23.8 Å². The lowest BCUT2D eigenvalue weighted by Gasteiger charge is -2.15. The number of rotatable bonds is 10. The van der Waals surface area contributed by atoms with E-state index in [1.165, 1.54) is 30.5 Å². The minimum atomic E-state index is -0.601. The first-order valence-electron chi connectivity index (χ1n) is 9.95. The highest BCUT2D eigenvalue weighted by molar-refractivity contribution is 5.97. The number of nitrogens with zero attached hydrogens (tertiary/aromatic N) is 2. The summed E-state index contributed by atoms with van der Waals surface area (Å²) in [5, 5.41) is 15.3. The molecule has 2 aromatic carbocycles. The maximum atomic E-state index is 12.4. The van der Waals surface area contributed by atoms with Crippen LogP contribution in [-0.4, -0.2) is 30.3 Å². The number of fused-ring (bicyclic) bond motifs is 1. The van der Waals surface area contributed by atoms with Crippen molar-refractivity contribution in [1.82, 2.24) is 5.43 Å². The summed E-state index contributed by atoms with van der Waals surface area (Å²) in [7, 11) is 0. The highest BCUT2D eigenvalue weighted by Crippen LogP contribution is 2.33. The number of allylic oxidation sites excluding steroid dienone is 1. The van der Waals surface area contributed by atoms with Crippen molar-refractivity contribution in [2.45, 2.75) is 13.3 Å². The van der Waals surface area contributed by atoms with Crippen LogP contribution in [0.4, 0.5) is 5.69 Å². The molecule has 9 nitrogen and oxygen atoms in total. The van der Waals surface area contributed by atoms with Crippen molar-refractivity contribution in [2.75, 3.05) is 13.2 Å². The van der Waals surface area contributed by atoms with Gasteiger partial charge in [-0.3, -0.25) is 14.9 Å². The predicted molar refractivity (Wildman–Crippen MR) is 124 cm³/mol. The molecule has 0 aliphatic heterocycles. The molecule has 0 aliphatic carbocycles. The van der Waals surface area contributed by atoms with Crippen LogP contribution in [-0.2, 0) is 6.42 Å². The zero-order valence-electron chi connectivity index (χ0n) is 17.9. The van der Waals surface area contributed by atoms with Crippen LogP contribution in [0.1, 0.15) is 28.6 Å². The molecule has 0 spiro atoms. The summed E-state index contributed by atoms with van der Waals surface area (Å²) in [5.41, 5.74) is 4.10. The van der Waals surface area contributed by atoms with Crippen LogP contribution in [0.5, 0.6) is 11.5 Å². The zero-order chi connectivity index (χ0) is 23.8. The van der Waals surface area contributed by atoms with Crippen molar-refractivity contribution >= 4 is 28.8 Å².